The number of aliphatic hydroxyl groups is 1. The Morgan fingerprint density at radius 2 is 1.83 bits per heavy atom. The van der Waals surface area contributed by atoms with E-state index in [1.165, 1.54) is 5.56 Å². The zero-order chi connectivity index (χ0) is 16.7. The molecule has 0 saturated carbocycles. The smallest absolute Gasteiger partial charge is 0.119 e. The molecule has 0 fully saturated rings. The van der Waals surface area contributed by atoms with E-state index in [-0.39, 0.29) is 24.6 Å². The first-order chi connectivity index (χ1) is 10.9. The van der Waals surface area contributed by atoms with Gasteiger partial charge in [-0.15, -0.1) is 12.4 Å². The number of β-amino-alcohol motifs (C(OH)–C–C–N with tert-alkyl or cyclic N) is 1. The molecule has 3 nitrogen and oxygen atoms in total. The molecule has 1 unspecified atom stereocenters. The zero-order valence-corrected chi connectivity index (χ0v) is 15.6. The van der Waals surface area contributed by atoms with Crippen molar-refractivity contribution < 1.29 is 9.84 Å². The van der Waals surface area contributed by atoms with Gasteiger partial charge in [0.1, 0.15) is 18.5 Å². The molecule has 0 saturated heterocycles. The van der Waals surface area contributed by atoms with Crippen LogP contribution in [-0.4, -0.2) is 29.9 Å². The van der Waals surface area contributed by atoms with Crippen molar-refractivity contribution >= 4 is 24.0 Å². The average molecular weight is 370 g/mol. The quantitative estimate of drug-likeness (QED) is 0.735. The molecule has 0 bridgehead atoms. The molecule has 0 aliphatic heterocycles. The summed E-state index contributed by atoms with van der Waals surface area (Å²) in [4.78, 5) is 0. The highest BCUT2D eigenvalue weighted by molar-refractivity contribution is 6.30. The van der Waals surface area contributed by atoms with Crippen LogP contribution in [0.3, 0.4) is 0 Å². The van der Waals surface area contributed by atoms with E-state index >= 15 is 0 Å². The van der Waals surface area contributed by atoms with Crippen LogP contribution in [0, 0.1) is 0 Å². The third kappa shape index (κ3) is 7.54. The molecular weight excluding hydrogens is 345 g/mol. The Labute approximate surface area is 155 Å². The lowest BCUT2D eigenvalue weighted by Crippen LogP contribution is -2.46. The van der Waals surface area contributed by atoms with E-state index in [1.807, 2.05) is 48.5 Å². The van der Waals surface area contributed by atoms with Gasteiger partial charge in [-0.25, -0.2) is 0 Å². The number of halogens is 2. The summed E-state index contributed by atoms with van der Waals surface area (Å²) >= 11 is 6.02. The van der Waals surface area contributed by atoms with Gasteiger partial charge in [0.05, 0.1) is 0 Å². The predicted molar refractivity (Wildman–Crippen MR) is 102 cm³/mol. The van der Waals surface area contributed by atoms with Crippen LogP contribution in [0.1, 0.15) is 19.4 Å². The van der Waals surface area contributed by atoms with Crippen molar-refractivity contribution in [1.29, 1.82) is 0 Å². The molecule has 2 aromatic carbocycles. The molecule has 2 rings (SSSR count). The molecule has 0 spiro atoms. The van der Waals surface area contributed by atoms with E-state index in [2.05, 4.69) is 25.2 Å². The fraction of sp³-hybridized carbons (Fsp3) is 0.368. The molecule has 5 heteroatoms. The van der Waals surface area contributed by atoms with Crippen molar-refractivity contribution in [3.8, 4) is 5.75 Å². The molecule has 2 N–H and O–H groups in total. The van der Waals surface area contributed by atoms with Crippen molar-refractivity contribution in [1.82, 2.24) is 5.32 Å². The summed E-state index contributed by atoms with van der Waals surface area (Å²) in [6.07, 6.45) is 0.272. The average Bonchev–Trinajstić information content (AvgIpc) is 2.52. The van der Waals surface area contributed by atoms with Crippen LogP contribution in [0.25, 0.3) is 0 Å². The van der Waals surface area contributed by atoms with Crippen molar-refractivity contribution in [2.24, 2.45) is 0 Å². The molecule has 0 aliphatic rings. The van der Waals surface area contributed by atoms with Gasteiger partial charge in [-0.05, 0) is 50.1 Å². The third-order valence-corrected chi connectivity index (χ3v) is 3.77. The molecule has 24 heavy (non-hydrogen) atoms. The van der Waals surface area contributed by atoms with Gasteiger partial charge >= 0.3 is 0 Å². The van der Waals surface area contributed by atoms with Gasteiger partial charge in [-0.3, -0.25) is 0 Å². The maximum atomic E-state index is 10.1. The Balaban J connectivity index is 0.00000288. The molecule has 0 heterocycles. The van der Waals surface area contributed by atoms with E-state index < -0.39 is 6.10 Å². The van der Waals surface area contributed by atoms with Crippen molar-refractivity contribution in [2.75, 3.05) is 13.2 Å². The summed E-state index contributed by atoms with van der Waals surface area (Å²) in [5.74, 6) is 0.768. The van der Waals surface area contributed by atoms with Gasteiger partial charge in [0.2, 0.25) is 0 Å². The van der Waals surface area contributed by atoms with Crippen LogP contribution in [0.4, 0.5) is 0 Å². The van der Waals surface area contributed by atoms with Crippen LogP contribution in [0.5, 0.6) is 5.75 Å². The third-order valence-electron chi connectivity index (χ3n) is 3.54. The Morgan fingerprint density at radius 3 is 2.50 bits per heavy atom. The molecule has 0 aromatic heterocycles. The minimum absolute atomic E-state index is 0. The van der Waals surface area contributed by atoms with E-state index in [1.54, 1.807) is 0 Å². The molecule has 0 radical (unpaired) electrons. The van der Waals surface area contributed by atoms with Crippen molar-refractivity contribution in [3.05, 3.63) is 65.2 Å². The van der Waals surface area contributed by atoms with E-state index in [4.69, 9.17) is 16.3 Å². The lowest BCUT2D eigenvalue weighted by Gasteiger charge is -2.28. The largest absolute Gasteiger partial charge is 0.491 e. The maximum Gasteiger partial charge on any atom is 0.119 e. The molecule has 0 amide bonds. The molecule has 132 valence electrons. The maximum absolute atomic E-state index is 10.1. The van der Waals surface area contributed by atoms with Crippen LogP contribution in [0.2, 0.25) is 5.02 Å². The fourth-order valence-corrected chi connectivity index (χ4v) is 2.59. The second-order valence-electron chi connectivity index (χ2n) is 6.35. The number of hydrogen-bond acceptors (Lipinski definition) is 3. The van der Waals surface area contributed by atoms with Gasteiger partial charge in [0.15, 0.2) is 0 Å². The van der Waals surface area contributed by atoms with Crippen molar-refractivity contribution in [2.45, 2.75) is 31.9 Å². The van der Waals surface area contributed by atoms with Crippen LogP contribution in [-0.2, 0) is 6.42 Å². The summed E-state index contributed by atoms with van der Waals surface area (Å²) in [6.45, 7) is 4.96. The fourth-order valence-electron chi connectivity index (χ4n) is 2.38. The number of para-hydroxylation sites is 1. The number of hydrogen-bond donors (Lipinski definition) is 2. The minimum atomic E-state index is -0.561. The number of aliphatic hydroxyl groups excluding tert-OH is 1. The Kier molecular flexibility index (Phi) is 8.57. The molecule has 0 aliphatic carbocycles. The summed E-state index contributed by atoms with van der Waals surface area (Å²) in [5.41, 5.74) is 1.03. The lowest BCUT2D eigenvalue weighted by molar-refractivity contribution is 0.0988. The van der Waals surface area contributed by atoms with Gasteiger partial charge in [-0.2, -0.15) is 0 Å². The minimum Gasteiger partial charge on any atom is -0.491 e. The van der Waals surface area contributed by atoms with Crippen LogP contribution in [0.15, 0.2) is 54.6 Å². The lowest BCUT2D eigenvalue weighted by atomic mass is 9.95. The summed E-state index contributed by atoms with van der Waals surface area (Å²) in [7, 11) is 0. The highest BCUT2D eigenvalue weighted by Crippen LogP contribution is 2.17. The summed E-state index contributed by atoms with van der Waals surface area (Å²) in [6, 6.07) is 17.4. The first kappa shape index (κ1) is 20.8. The number of benzene rings is 2. The summed E-state index contributed by atoms with van der Waals surface area (Å²) < 4.78 is 5.56. The monoisotopic (exact) mass is 369 g/mol. The standard InChI is InChI=1S/C19H24ClNO2.ClH/c1-19(2,12-15-7-6-8-16(20)11-15)21-13-17(22)14-23-18-9-4-3-5-10-18;/h3-11,17,21-22H,12-14H2,1-2H3;1H. The van der Waals surface area contributed by atoms with Crippen molar-refractivity contribution in [3.63, 3.8) is 0 Å². The Hall–Kier alpha value is -1.26. The SMILES string of the molecule is CC(C)(Cc1cccc(Cl)c1)NCC(O)COc1ccccc1.Cl. The number of rotatable bonds is 8. The van der Waals surface area contributed by atoms with E-state index in [0.717, 1.165) is 17.2 Å². The number of ether oxygens (including phenoxy) is 1. The van der Waals surface area contributed by atoms with Gasteiger partial charge < -0.3 is 15.2 Å². The second kappa shape index (κ2) is 9.90. The highest BCUT2D eigenvalue weighted by atomic mass is 35.5. The normalized spacial score (nSPS) is 12.3. The first-order valence-corrected chi connectivity index (χ1v) is 8.18. The Bertz CT molecular complexity index is 605. The summed E-state index contributed by atoms with van der Waals surface area (Å²) in [5, 5.41) is 14.2. The first-order valence-electron chi connectivity index (χ1n) is 7.80. The van der Waals surface area contributed by atoms with Gasteiger partial charge in [0, 0.05) is 17.1 Å². The van der Waals surface area contributed by atoms with E-state index in [0.29, 0.717) is 6.54 Å². The second-order valence-corrected chi connectivity index (χ2v) is 6.79. The van der Waals surface area contributed by atoms with Gasteiger partial charge in [0.25, 0.3) is 0 Å². The molecule has 1 atom stereocenters. The van der Waals surface area contributed by atoms with Crippen LogP contribution < -0.4 is 10.1 Å². The van der Waals surface area contributed by atoms with Crippen LogP contribution >= 0.6 is 24.0 Å². The number of nitrogens with one attached hydrogen (secondary N) is 1. The zero-order valence-electron chi connectivity index (χ0n) is 14.0. The molecule has 2 aromatic rings. The molecular formula is C19H25Cl2NO2. The van der Waals surface area contributed by atoms with Gasteiger partial charge in [-0.1, -0.05) is 41.9 Å². The predicted octanol–water partition coefficient (Wildman–Crippen LogP) is 4.11. The van der Waals surface area contributed by atoms with E-state index in [9.17, 15) is 5.11 Å². The highest BCUT2D eigenvalue weighted by Gasteiger charge is 2.19. The topological polar surface area (TPSA) is 41.5 Å². The Morgan fingerprint density at radius 1 is 1.12 bits per heavy atom.